The molecule has 0 bridgehead atoms. The maximum Gasteiger partial charge on any atom is 0.0738 e. The summed E-state index contributed by atoms with van der Waals surface area (Å²) in [4.78, 5) is 4.17. The number of aryl methyl sites for hydroxylation is 1. The van der Waals surface area contributed by atoms with Crippen LogP contribution in [0, 0.1) is 6.92 Å². The number of ether oxygens (including phenoxy) is 1. The van der Waals surface area contributed by atoms with E-state index in [0.717, 1.165) is 0 Å². The number of hydrogen-bond donors (Lipinski definition) is 1. The molecule has 0 aliphatic rings. The normalized spacial score (nSPS) is 15.1. The number of rotatable bonds is 4. The maximum absolute atomic E-state index is 5.31. The summed E-state index contributed by atoms with van der Waals surface area (Å²) in [5, 5.41) is 3.23. The molecule has 0 radical (unpaired) electrons. The number of hydrogen-bond acceptors (Lipinski definition) is 3. The Balaban J connectivity index is 2.89. The fraction of sp³-hybridized carbons (Fsp3) is 0.545. The van der Waals surface area contributed by atoms with Gasteiger partial charge in [-0.25, -0.2) is 0 Å². The van der Waals surface area contributed by atoms with Gasteiger partial charge in [-0.2, -0.15) is 0 Å². The van der Waals surface area contributed by atoms with Gasteiger partial charge in [0.2, 0.25) is 0 Å². The third-order valence-electron chi connectivity index (χ3n) is 2.41. The Morgan fingerprint density at radius 2 is 2.14 bits per heavy atom. The quantitative estimate of drug-likeness (QED) is 0.792. The van der Waals surface area contributed by atoms with Crippen LogP contribution in [0.4, 0.5) is 0 Å². The van der Waals surface area contributed by atoms with E-state index in [2.05, 4.69) is 16.4 Å². The van der Waals surface area contributed by atoms with Crippen LogP contribution in [0.5, 0.6) is 0 Å². The minimum Gasteiger partial charge on any atom is -0.380 e. The molecule has 1 aromatic rings. The second-order valence-electron chi connectivity index (χ2n) is 3.50. The fourth-order valence-corrected chi connectivity index (χ4v) is 1.56. The number of nitrogens with zero attached hydrogens (tertiary/aromatic N) is 1. The lowest BCUT2D eigenvalue weighted by Crippen LogP contribution is -2.28. The van der Waals surface area contributed by atoms with Crippen LogP contribution in [0.2, 0.25) is 0 Å². The van der Waals surface area contributed by atoms with Gasteiger partial charge in [0.25, 0.3) is 0 Å². The van der Waals surface area contributed by atoms with Gasteiger partial charge in [0.1, 0.15) is 0 Å². The van der Waals surface area contributed by atoms with Gasteiger partial charge in [-0.05, 0) is 32.0 Å². The van der Waals surface area contributed by atoms with E-state index in [0.29, 0.717) is 0 Å². The summed E-state index contributed by atoms with van der Waals surface area (Å²) in [5.74, 6) is 0. The topological polar surface area (TPSA) is 34.2 Å². The molecule has 0 spiro atoms. The van der Waals surface area contributed by atoms with Crippen molar-refractivity contribution >= 4 is 0 Å². The van der Waals surface area contributed by atoms with Crippen molar-refractivity contribution in [2.75, 3.05) is 14.2 Å². The van der Waals surface area contributed by atoms with Crippen molar-refractivity contribution in [2.45, 2.75) is 26.0 Å². The summed E-state index contributed by atoms with van der Waals surface area (Å²) in [5.41, 5.74) is 2.34. The fourth-order valence-electron chi connectivity index (χ4n) is 1.56. The first-order chi connectivity index (χ1) is 6.69. The van der Waals surface area contributed by atoms with E-state index in [4.69, 9.17) is 4.74 Å². The van der Waals surface area contributed by atoms with Gasteiger partial charge < -0.3 is 10.1 Å². The molecule has 0 saturated heterocycles. The van der Waals surface area contributed by atoms with Crippen molar-refractivity contribution in [1.82, 2.24) is 10.3 Å². The van der Waals surface area contributed by atoms with Crippen molar-refractivity contribution in [3.05, 3.63) is 29.6 Å². The lowest BCUT2D eigenvalue weighted by molar-refractivity contribution is 0.0855. The van der Waals surface area contributed by atoms with Crippen LogP contribution in [-0.4, -0.2) is 25.2 Å². The molecule has 0 aromatic carbocycles. The minimum atomic E-state index is 0.142. The highest BCUT2D eigenvalue weighted by atomic mass is 16.5. The Hall–Kier alpha value is -0.930. The first-order valence-electron chi connectivity index (χ1n) is 4.80. The highest BCUT2D eigenvalue weighted by Gasteiger charge is 2.16. The first kappa shape index (κ1) is 11.1. The highest BCUT2D eigenvalue weighted by molar-refractivity contribution is 5.21. The highest BCUT2D eigenvalue weighted by Crippen LogP contribution is 2.18. The summed E-state index contributed by atoms with van der Waals surface area (Å²) in [6, 6.07) is 2.33. The van der Waals surface area contributed by atoms with Crippen molar-refractivity contribution in [3.8, 4) is 0 Å². The Bertz CT molecular complexity index is 288. The predicted molar refractivity (Wildman–Crippen MR) is 57.2 cm³/mol. The van der Waals surface area contributed by atoms with E-state index < -0.39 is 0 Å². The smallest absolute Gasteiger partial charge is 0.0738 e. The van der Waals surface area contributed by atoms with Crippen LogP contribution in [0.15, 0.2) is 18.5 Å². The Kier molecular flexibility index (Phi) is 4.04. The summed E-state index contributed by atoms with van der Waals surface area (Å²) >= 11 is 0. The van der Waals surface area contributed by atoms with Gasteiger partial charge in [-0.15, -0.1) is 0 Å². The molecule has 0 fully saturated rings. The SMILES string of the molecule is CNC(c1cncc(C)c1)C(C)OC. The number of nitrogens with one attached hydrogen (secondary N) is 1. The molecular weight excluding hydrogens is 176 g/mol. The average Bonchev–Trinajstić information content (AvgIpc) is 2.19. The lowest BCUT2D eigenvalue weighted by atomic mass is 10.0. The first-order valence-corrected chi connectivity index (χ1v) is 4.80. The number of aromatic nitrogens is 1. The molecule has 0 aliphatic carbocycles. The van der Waals surface area contributed by atoms with E-state index >= 15 is 0 Å². The average molecular weight is 194 g/mol. The molecule has 2 unspecified atom stereocenters. The number of methoxy groups -OCH3 is 1. The van der Waals surface area contributed by atoms with Gasteiger partial charge in [0.15, 0.2) is 0 Å². The minimum absolute atomic E-state index is 0.142. The van der Waals surface area contributed by atoms with Gasteiger partial charge in [-0.1, -0.05) is 6.07 Å². The van der Waals surface area contributed by atoms with Crippen molar-refractivity contribution < 1.29 is 4.74 Å². The van der Waals surface area contributed by atoms with Crippen LogP contribution in [0.25, 0.3) is 0 Å². The molecule has 1 heterocycles. The van der Waals surface area contributed by atoms with Gasteiger partial charge in [0, 0.05) is 19.5 Å². The third-order valence-corrected chi connectivity index (χ3v) is 2.41. The second kappa shape index (κ2) is 5.08. The molecule has 0 aliphatic heterocycles. The molecule has 2 atom stereocenters. The summed E-state index contributed by atoms with van der Waals surface area (Å²) in [6.45, 7) is 4.09. The molecule has 14 heavy (non-hydrogen) atoms. The van der Waals surface area contributed by atoms with E-state index in [1.165, 1.54) is 11.1 Å². The largest absolute Gasteiger partial charge is 0.380 e. The van der Waals surface area contributed by atoms with Crippen molar-refractivity contribution in [2.24, 2.45) is 0 Å². The summed E-state index contributed by atoms with van der Waals surface area (Å²) in [7, 11) is 3.65. The molecule has 3 heteroatoms. The molecule has 1 rings (SSSR count). The van der Waals surface area contributed by atoms with Gasteiger partial charge in [-0.3, -0.25) is 4.98 Å². The van der Waals surface area contributed by atoms with Crippen LogP contribution in [0.3, 0.4) is 0 Å². The molecular formula is C11H18N2O. The van der Waals surface area contributed by atoms with Crippen LogP contribution in [0.1, 0.15) is 24.1 Å². The third kappa shape index (κ3) is 2.53. The summed E-state index contributed by atoms with van der Waals surface area (Å²) in [6.07, 6.45) is 3.88. The molecule has 3 nitrogen and oxygen atoms in total. The van der Waals surface area contributed by atoms with E-state index in [9.17, 15) is 0 Å². The molecule has 0 amide bonds. The van der Waals surface area contributed by atoms with E-state index in [-0.39, 0.29) is 12.1 Å². The van der Waals surface area contributed by atoms with Crippen molar-refractivity contribution in [3.63, 3.8) is 0 Å². The lowest BCUT2D eigenvalue weighted by Gasteiger charge is -2.22. The van der Waals surface area contributed by atoms with E-state index in [1.807, 2.05) is 33.3 Å². The Morgan fingerprint density at radius 1 is 1.43 bits per heavy atom. The summed E-state index contributed by atoms with van der Waals surface area (Å²) < 4.78 is 5.31. The van der Waals surface area contributed by atoms with Gasteiger partial charge in [0.05, 0.1) is 12.1 Å². The Morgan fingerprint density at radius 3 is 2.64 bits per heavy atom. The van der Waals surface area contributed by atoms with Crippen LogP contribution >= 0.6 is 0 Å². The van der Waals surface area contributed by atoms with Crippen LogP contribution < -0.4 is 5.32 Å². The zero-order chi connectivity index (χ0) is 10.6. The monoisotopic (exact) mass is 194 g/mol. The zero-order valence-corrected chi connectivity index (χ0v) is 9.24. The maximum atomic E-state index is 5.31. The molecule has 78 valence electrons. The van der Waals surface area contributed by atoms with Crippen molar-refractivity contribution in [1.29, 1.82) is 0 Å². The van der Waals surface area contributed by atoms with Gasteiger partial charge >= 0.3 is 0 Å². The molecule has 1 aromatic heterocycles. The number of likely N-dealkylation sites (N-methyl/N-ethyl adjacent to an activating group) is 1. The predicted octanol–water partition coefficient (Wildman–Crippen LogP) is 1.69. The molecule has 0 saturated carbocycles. The second-order valence-corrected chi connectivity index (χ2v) is 3.50. The zero-order valence-electron chi connectivity index (χ0n) is 9.24. The van der Waals surface area contributed by atoms with E-state index in [1.54, 1.807) is 7.11 Å². The molecule has 1 N–H and O–H groups in total. The Labute approximate surface area is 85.5 Å². The number of pyridine rings is 1. The standard InChI is InChI=1S/C11H18N2O/c1-8-5-10(7-13-6-8)11(12-3)9(2)14-4/h5-7,9,11-12H,1-4H3. The van der Waals surface area contributed by atoms with Crippen LogP contribution in [-0.2, 0) is 4.74 Å².